The van der Waals surface area contributed by atoms with Crippen LogP contribution in [0.1, 0.15) is 19.8 Å². The summed E-state index contributed by atoms with van der Waals surface area (Å²) in [5.41, 5.74) is 0. The van der Waals surface area contributed by atoms with Gasteiger partial charge in [-0.1, -0.05) is 6.92 Å². The first-order chi connectivity index (χ1) is 5.70. The summed E-state index contributed by atoms with van der Waals surface area (Å²) in [5, 5.41) is 0. The Kier molecular flexibility index (Phi) is 0.987. The van der Waals surface area contributed by atoms with Gasteiger partial charge in [-0.15, -0.1) is 0 Å². The zero-order chi connectivity index (χ0) is 8.34. The van der Waals surface area contributed by atoms with Crippen LogP contribution in [0.3, 0.4) is 0 Å². The third-order valence-electron chi connectivity index (χ3n) is 3.02. The molecule has 4 heteroatoms. The monoisotopic (exact) mass is 170 g/mol. The molecule has 66 valence electrons. The highest BCUT2D eigenvalue weighted by molar-refractivity contribution is 5.66. The molecule has 3 aliphatic rings. The molecule has 0 bridgehead atoms. The van der Waals surface area contributed by atoms with E-state index in [1.807, 2.05) is 6.92 Å². The van der Waals surface area contributed by atoms with Crippen molar-refractivity contribution < 1.29 is 19.0 Å². The maximum atomic E-state index is 10.6. The molecule has 2 saturated heterocycles. The maximum absolute atomic E-state index is 10.6. The van der Waals surface area contributed by atoms with Gasteiger partial charge >= 0.3 is 6.16 Å². The number of hydrogen-bond donors (Lipinski definition) is 0. The van der Waals surface area contributed by atoms with Crippen LogP contribution in [0.4, 0.5) is 4.79 Å². The van der Waals surface area contributed by atoms with Crippen molar-refractivity contribution in [2.75, 3.05) is 0 Å². The van der Waals surface area contributed by atoms with Crippen LogP contribution in [-0.4, -0.2) is 24.2 Å². The number of carbonyl (C=O) groups excluding carboxylic acids is 1. The van der Waals surface area contributed by atoms with E-state index in [2.05, 4.69) is 0 Å². The Morgan fingerprint density at radius 1 is 1.42 bits per heavy atom. The summed E-state index contributed by atoms with van der Waals surface area (Å²) in [6, 6.07) is 0. The molecule has 0 radical (unpaired) electrons. The quantitative estimate of drug-likeness (QED) is 0.402. The minimum Gasteiger partial charge on any atom is -0.390 e. The Hall–Kier alpha value is -0.770. The zero-order valence-electron chi connectivity index (χ0n) is 6.78. The third-order valence-corrected chi connectivity index (χ3v) is 3.02. The van der Waals surface area contributed by atoms with Crippen molar-refractivity contribution in [1.82, 2.24) is 0 Å². The number of rotatable bonds is 0. The van der Waals surface area contributed by atoms with Crippen LogP contribution in [0.25, 0.3) is 0 Å². The van der Waals surface area contributed by atoms with E-state index in [0.717, 1.165) is 6.42 Å². The topological polar surface area (TPSA) is 48.1 Å². The molecule has 0 aromatic rings. The Morgan fingerprint density at radius 2 is 2.17 bits per heavy atom. The van der Waals surface area contributed by atoms with Crippen molar-refractivity contribution in [3.05, 3.63) is 0 Å². The van der Waals surface area contributed by atoms with E-state index in [-0.39, 0.29) is 12.0 Å². The molecule has 1 saturated carbocycles. The molecule has 2 heterocycles. The van der Waals surface area contributed by atoms with Gasteiger partial charge < -0.3 is 14.2 Å². The number of hydrogen-bond acceptors (Lipinski definition) is 4. The summed E-state index contributed by atoms with van der Waals surface area (Å²) >= 11 is 0. The molecule has 0 N–H and O–H groups in total. The zero-order valence-corrected chi connectivity index (χ0v) is 6.78. The molecule has 3 unspecified atom stereocenters. The Labute approximate surface area is 69.8 Å². The van der Waals surface area contributed by atoms with E-state index in [1.165, 1.54) is 0 Å². The summed E-state index contributed by atoms with van der Waals surface area (Å²) in [5.74, 6) is -0.367. The fourth-order valence-electron chi connectivity index (χ4n) is 2.15. The Balaban J connectivity index is 1.80. The fourth-order valence-corrected chi connectivity index (χ4v) is 2.15. The van der Waals surface area contributed by atoms with Gasteiger partial charge in [0.15, 0.2) is 0 Å². The van der Waals surface area contributed by atoms with E-state index in [1.54, 1.807) is 0 Å². The number of ether oxygens (including phenoxy) is 3. The summed E-state index contributed by atoms with van der Waals surface area (Å²) in [6.07, 6.45) is 1.78. The lowest BCUT2D eigenvalue weighted by atomic mass is 9.84. The average molecular weight is 170 g/mol. The van der Waals surface area contributed by atoms with E-state index >= 15 is 0 Å². The smallest absolute Gasteiger partial charge is 0.390 e. The van der Waals surface area contributed by atoms with Gasteiger partial charge in [0.25, 0.3) is 5.79 Å². The van der Waals surface area contributed by atoms with Crippen molar-refractivity contribution in [2.45, 2.75) is 37.8 Å². The molecule has 3 atom stereocenters. The predicted molar refractivity (Wildman–Crippen MR) is 37.4 cm³/mol. The molecular weight excluding hydrogens is 160 g/mol. The highest BCUT2D eigenvalue weighted by Gasteiger charge is 2.63. The third kappa shape index (κ3) is 0.684. The normalized spacial score (nSPS) is 47.1. The van der Waals surface area contributed by atoms with Gasteiger partial charge in [0.05, 0.1) is 18.6 Å². The predicted octanol–water partition coefficient (Wildman–Crippen LogP) is 1.05. The second-order valence-electron chi connectivity index (χ2n) is 3.82. The van der Waals surface area contributed by atoms with Crippen LogP contribution in [0.15, 0.2) is 0 Å². The number of carbonyl (C=O) groups is 1. The standard InChI is InChI=1S/C8H10O4/c1-4-2-5-6(10-5)3-8(4)11-7(9)12-8/h4-6H,2-3H2,1H3. The van der Waals surface area contributed by atoms with Gasteiger partial charge in [0.1, 0.15) is 0 Å². The highest BCUT2D eigenvalue weighted by atomic mass is 16.9. The van der Waals surface area contributed by atoms with Crippen molar-refractivity contribution in [2.24, 2.45) is 5.92 Å². The maximum Gasteiger partial charge on any atom is 0.514 e. The van der Waals surface area contributed by atoms with Gasteiger partial charge in [0.2, 0.25) is 0 Å². The molecule has 0 amide bonds. The van der Waals surface area contributed by atoms with E-state index in [9.17, 15) is 4.79 Å². The van der Waals surface area contributed by atoms with E-state index in [0.29, 0.717) is 12.5 Å². The summed E-state index contributed by atoms with van der Waals surface area (Å²) in [7, 11) is 0. The first-order valence-electron chi connectivity index (χ1n) is 4.27. The molecule has 1 aliphatic carbocycles. The van der Waals surface area contributed by atoms with Crippen LogP contribution in [0.2, 0.25) is 0 Å². The van der Waals surface area contributed by atoms with Gasteiger partial charge in [-0.3, -0.25) is 0 Å². The van der Waals surface area contributed by atoms with Gasteiger partial charge in [-0.05, 0) is 6.42 Å². The van der Waals surface area contributed by atoms with Gasteiger partial charge in [0, 0.05) is 5.92 Å². The first kappa shape index (κ1) is 6.71. The van der Waals surface area contributed by atoms with Crippen molar-refractivity contribution in [3.8, 4) is 0 Å². The first-order valence-corrected chi connectivity index (χ1v) is 4.27. The fraction of sp³-hybridized carbons (Fsp3) is 0.875. The second-order valence-corrected chi connectivity index (χ2v) is 3.82. The minimum absolute atomic E-state index is 0.263. The molecule has 12 heavy (non-hydrogen) atoms. The lowest BCUT2D eigenvalue weighted by Crippen LogP contribution is -2.57. The lowest BCUT2D eigenvalue weighted by Gasteiger charge is -2.44. The Morgan fingerprint density at radius 3 is 2.83 bits per heavy atom. The molecule has 3 fully saturated rings. The highest BCUT2D eigenvalue weighted by Crippen LogP contribution is 2.50. The number of epoxide rings is 1. The molecule has 3 rings (SSSR count). The Bertz CT molecular complexity index is 241. The van der Waals surface area contributed by atoms with E-state index < -0.39 is 11.9 Å². The van der Waals surface area contributed by atoms with Crippen LogP contribution in [0.5, 0.6) is 0 Å². The van der Waals surface area contributed by atoms with Gasteiger partial charge in [-0.25, -0.2) is 4.79 Å². The molecular formula is C8H10O4. The SMILES string of the molecule is CC1CC2OC2CC12OC(=O)O2. The summed E-state index contributed by atoms with van der Waals surface area (Å²) < 4.78 is 15.4. The van der Waals surface area contributed by atoms with Crippen LogP contribution in [0, 0.1) is 5.92 Å². The largest absolute Gasteiger partial charge is 0.514 e. The average Bonchev–Trinajstić information content (AvgIpc) is 2.63. The molecule has 0 aromatic carbocycles. The number of fused-ring (bicyclic) bond motifs is 1. The lowest BCUT2D eigenvalue weighted by molar-refractivity contribution is -0.304. The van der Waals surface area contributed by atoms with Crippen LogP contribution < -0.4 is 0 Å². The van der Waals surface area contributed by atoms with Crippen molar-refractivity contribution in [3.63, 3.8) is 0 Å². The molecule has 4 nitrogen and oxygen atoms in total. The molecule has 0 aromatic heterocycles. The summed E-state index contributed by atoms with van der Waals surface area (Å²) in [4.78, 5) is 10.6. The van der Waals surface area contributed by atoms with Crippen LogP contribution in [-0.2, 0) is 14.2 Å². The molecule has 1 spiro atoms. The summed E-state index contributed by atoms with van der Waals surface area (Å²) in [6.45, 7) is 2.03. The molecule has 2 aliphatic heterocycles. The van der Waals surface area contributed by atoms with E-state index in [4.69, 9.17) is 14.2 Å². The minimum atomic E-state index is -0.630. The van der Waals surface area contributed by atoms with Crippen molar-refractivity contribution >= 4 is 6.16 Å². The second kappa shape index (κ2) is 1.76. The van der Waals surface area contributed by atoms with Crippen LogP contribution >= 0.6 is 0 Å². The van der Waals surface area contributed by atoms with Crippen molar-refractivity contribution in [1.29, 1.82) is 0 Å². The van der Waals surface area contributed by atoms with Gasteiger partial charge in [-0.2, -0.15) is 0 Å².